The highest BCUT2D eigenvalue weighted by molar-refractivity contribution is 9.10. The zero-order valence-corrected chi connectivity index (χ0v) is 14.1. The first kappa shape index (κ1) is 16.4. The smallest absolute Gasteiger partial charge is 0.259 e. The standard InChI is InChI=1S/C17H18BrNO3/c1-3-10-22-15-9-8-12(18)11-13(15)17(20)19-14-6-4-5-7-16(14)21-2/h4-9,11H,3,10H2,1-2H3,(H,19,20). The molecule has 0 fully saturated rings. The number of benzene rings is 2. The Labute approximate surface area is 138 Å². The average Bonchev–Trinajstić information content (AvgIpc) is 2.54. The SMILES string of the molecule is CCCOc1ccc(Br)cc1C(=O)Nc1ccccc1OC. The molecule has 5 heteroatoms. The largest absolute Gasteiger partial charge is 0.495 e. The Morgan fingerprint density at radius 2 is 1.95 bits per heavy atom. The van der Waals surface area contributed by atoms with Crippen LogP contribution >= 0.6 is 15.9 Å². The van der Waals surface area contributed by atoms with Gasteiger partial charge in [0, 0.05) is 4.47 Å². The molecule has 2 aromatic rings. The molecular formula is C17H18BrNO3. The summed E-state index contributed by atoms with van der Waals surface area (Å²) in [4.78, 5) is 12.6. The Balaban J connectivity index is 2.26. The summed E-state index contributed by atoms with van der Waals surface area (Å²) in [6.45, 7) is 2.59. The number of methoxy groups -OCH3 is 1. The minimum Gasteiger partial charge on any atom is -0.495 e. The average molecular weight is 364 g/mol. The van der Waals surface area contributed by atoms with Crippen molar-refractivity contribution in [3.8, 4) is 11.5 Å². The fourth-order valence-corrected chi connectivity index (χ4v) is 2.32. The molecule has 0 unspecified atom stereocenters. The Bertz CT molecular complexity index is 658. The van der Waals surface area contributed by atoms with E-state index in [0.717, 1.165) is 10.9 Å². The lowest BCUT2D eigenvalue weighted by Crippen LogP contribution is -2.14. The Kier molecular flexibility index (Phi) is 5.83. The first-order valence-electron chi connectivity index (χ1n) is 7.02. The van der Waals surface area contributed by atoms with Gasteiger partial charge in [-0.2, -0.15) is 0 Å². The number of carbonyl (C=O) groups is 1. The normalized spacial score (nSPS) is 10.1. The monoisotopic (exact) mass is 363 g/mol. The van der Waals surface area contributed by atoms with Crippen LogP contribution in [0.1, 0.15) is 23.7 Å². The first-order valence-corrected chi connectivity index (χ1v) is 7.81. The third-order valence-corrected chi connectivity index (χ3v) is 3.50. The topological polar surface area (TPSA) is 47.6 Å². The van der Waals surface area contributed by atoms with Crippen LogP contribution in [0.25, 0.3) is 0 Å². The van der Waals surface area contributed by atoms with Crippen LogP contribution in [0.4, 0.5) is 5.69 Å². The number of anilines is 1. The van der Waals surface area contributed by atoms with Gasteiger partial charge in [0.15, 0.2) is 0 Å². The maximum Gasteiger partial charge on any atom is 0.259 e. The maximum absolute atomic E-state index is 12.6. The van der Waals surface area contributed by atoms with Gasteiger partial charge in [0.05, 0.1) is 25.0 Å². The number of amides is 1. The van der Waals surface area contributed by atoms with Crippen LogP contribution in [0.2, 0.25) is 0 Å². The van der Waals surface area contributed by atoms with Crippen molar-refractivity contribution in [1.29, 1.82) is 0 Å². The molecule has 2 aromatic carbocycles. The van der Waals surface area contributed by atoms with Crippen molar-refractivity contribution in [3.63, 3.8) is 0 Å². The van der Waals surface area contributed by atoms with Gasteiger partial charge in [-0.1, -0.05) is 35.0 Å². The number of carbonyl (C=O) groups excluding carboxylic acids is 1. The van der Waals surface area contributed by atoms with Gasteiger partial charge in [-0.25, -0.2) is 0 Å². The van der Waals surface area contributed by atoms with Gasteiger partial charge in [0.1, 0.15) is 11.5 Å². The van der Waals surface area contributed by atoms with E-state index in [4.69, 9.17) is 9.47 Å². The number of nitrogens with one attached hydrogen (secondary N) is 1. The van der Waals surface area contributed by atoms with Gasteiger partial charge < -0.3 is 14.8 Å². The summed E-state index contributed by atoms with van der Waals surface area (Å²) < 4.78 is 11.7. The van der Waals surface area contributed by atoms with Crippen molar-refractivity contribution in [1.82, 2.24) is 0 Å². The molecule has 4 nitrogen and oxygen atoms in total. The lowest BCUT2D eigenvalue weighted by molar-refractivity contribution is 0.102. The number of hydrogen-bond acceptors (Lipinski definition) is 3. The van der Waals surface area contributed by atoms with Gasteiger partial charge in [-0.3, -0.25) is 4.79 Å². The third kappa shape index (κ3) is 4.01. The van der Waals surface area contributed by atoms with E-state index in [-0.39, 0.29) is 5.91 Å². The maximum atomic E-state index is 12.6. The number of hydrogen-bond donors (Lipinski definition) is 1. The first-order chi connectivity index (χ1) is 10.7. The van der Waals surface area contributed by atoms with E-state index in [9.17, 15) is 4.79 Å². The summed E-state index contributed by atoms with van der Waals surface area (Å²) in [5, 5.41) is 2.86. The number of halogens is 1. The van der Waals surface area contributed by atoms with Crippen LogP contribution in [0.5, 0.6) is 11.5 Å². The van der Waals surface area contributed by atoms with Crippen LogP contribution in [-0.2, 0) is 0 Å². The lowest BCUT2D eigenvalue weighted by Gasteiger charge is -2.13. The van der Waals surface area contributed by atoms with E-state index in [1.807, 2.05) is 25.1 Å². The molecule has 0 saturated carbocycles. The van der Waals surface area contributed by atoms with E-state index < -0.39 is 0 Å². The molecule has 0 aliphatic rings. The predicted molar refractivity (Wildman–Crippen MR) is 90.9 cm³/mol. The molecule has 1 N–H and O–H groups in total. The second kappa shape index (κ2) is 7.84. The van der Waals surface area contributed by atoms with Crippen molar-refractivity contribution in [2.75, 3.05) is 19.0 Å². The van der Waals surface area contributed by atoms with Gasteiger partial charge in [0.2, 0.25) is 0 Å². The summed E-state index contributed by atoms with van der Waals surface area (Å²) in [7, 11) is 1.57. The van der Waals surface area contributed by atoms with Gasteiger partial charge in [0.25, 0.3) is 5.91 Å². The fourth-order valence-electron chi connectivity index (χ4n) is 1.96. The van der Waals surface area contributed by atoms with Crippen LogP contribution < -0.4 is 14.8 Å². The molecule has 0 aromatic heterocycles. The molecule has 0 heterocycles. The Hall–Kier alpha value is -2.01. The second-order valence-electron chi connectivity index (χ2n) is 4.64. The molecule has 0 aliphatic heterocycles. The van der Waals surface area contributed by atoms with Gasteiger partial charge in [-0.15, -0.1) is 0 Å². The molecule has 0 spiro atoms. The zero-order valence-electron chi connectivity index (χ0n) is 12.6. The molecule has 0 aliphatic carbocycles. The number of ether oxygens (including phenoxy) is 2. The molecule has 0 saturated heterocycles. The van der Waals surface area contributed by atoms with Crippen LogP contribution in [0.15, 0.2) is 46.9 Å². The van der Waals surface area contributed by atoms with E-state index in [1.54, 1.807) is 31.4 Å². The summed E-state index contributed by atoms with van der Waals surface area (Å²) in [5.41, 5.74) is 1.10. The summed E-state index contributed by atoms with van der Waals surface area (Å²) in [5.74, 6) is 0.941. The highest BCUT2D eigenvalue weighted by Crippen LogP contribution is 2.27. The lowest BCUT2D eigenvalue weighted by atomic mass is 10.1. The number of rotatable bonds is 6. The highest BCUT2D eigenvalue weighted by atomic mass is 79.9. The molecule has 22 heavy (non-hydrogen) atoms. The third-order valence-electron chi connectivity index (χ3n) is 3.00. The molecular weight excluding hydrogens is 346 g/mol. The predicted octanol–water partition coefficient (Wildman–Crippen LogP) is 4.50. The minimum absolute atomic E-state index is 0.239. The molecule has 2 rings (SSSR count). The Morgan fingerprint density at radius 1 is 1.18 bits per heavy atom. The van der Waals surface area contributed by atoms with Crippen LogP contribution in [0.3, 0.4) is 0 Å². The summed E-state index contributed by atoms with van der Waals surface area (Å²) in [6.07, 6.45) is 0.879. The van der Waals surface area contributed by atoms with E-state index in [0.29, 0.717) is 29.4 Å². The fraction of sp³-hybridized carbons (Fsp3) is 0.235. The van der Waals surface area contributed by atoms with E-state index in [1.165, 1.54) is 0 Å². The molecule has 116 valence electrons. The van der Waals surface area contributed by atoms with Crippen molar-refractivity contribution < 1.29 is 14.3 Å². The number of para-hydroxylation sites is 2. The van der Waals surface area contributed by atoms with Crippen molar-refractivity contribution in [2.45, 2.75) is 13.3 Å². The summed E-state index contributed by atoms with van der Waals surface area (Å²) >= 11 is 3.39. The summed E-state index contributed by atoms with van der Waals surface area (Å²) in [6, 6.07) is 12.7. The van der Waals surface area contributed by atoms with Crippen LogP contribution in [-0.4, -0.2) is 19.6 Å². The van der Waals surface area contributed by atoms with Gasteiger partial charge >= 0.3 is 0 Å². The van der Waals surface area contributed by atoms with Crippen LogP contribution in [0, 0.1) is 0 Å². The second-order valence-corrected chi connectivity index (χ2v) is 5.56. The van der Waals surface area contributed by atoms with Crippen molar-refractivity contribution in [3.05, 3.63) is 52.5 Å². The van der Waals surface area contributed by atoms with Gasteiger partial charge in [-0.05, 0) is 36.8 Å². The minimum atomic E-state index is -0.239. The van der Waals surface area contributed by atoms with E-state index in [2.05, 4.69) is 21.2 Å². The Morgan fingerprint density at radius 3 is 2.68 bits per heavy atom. The quantitative estimate of drug-likeness (QED) is 0.821. The zero-order chi connectivity index (χ0) is 15.9. The molecule has 0 atom stereocenters. The molecule has 1 amide bonds. The van der Waals surface area contributed by atoms with Crippen molar-refractivity contribution >= 4 is 27.5 Å². The highest BCUT2D eigenvalue weighted by Gasteiger charge is 2.15. The molecule has 0 radical (unpaired) electrons. The van der Waals surface area contributed by atoms with E-state index >= 15 is 0 Å². The van der Waals surface area contributed by atoms with Crippen molar-refractivity contribution in [2.24, 2.45) is 0 Å². The molecule has 0 bridgehead atoms.